The summed E-state index contributed by atoms with van der Waals surface area (Å²) in [4.78, 5) is 0. The summed E-state index contributed by atoms with van der Waals surface area (Å²) in [5.41, 5.74) is 2.23. The smallest absolute Gasteiger partial charge is 0.406 e. The van der Waals surface area contributed by atoms with E-state index in [0.717, 1.165) is 11.3 Å². The molecule has 0 bridgehead atoms. The van der Waals surface area contributed by atoms with Crippen LogP contribution >= 0.6 is 0 Å². The molecule has 0 saturated heterocycles. The number of benzene rings is 2. The van der Waals surface area contributed by atoms with Gasteiger partial charge in [0, 0.05) is 24.5 Å². The Morgan fingerprint density at radius 3 is 2.36 bits per heavy atom. The van der Waals surface area contributed by atoms with Crippen LogP contribution in [0, 0.1) is 5.82 Å². The first-order chi connectivity index (χ1) is 13.2. The second kappa shape index (κ2) is 8.02. The Balaban J connectivity index is 1.76. The molecule has 3 aromatic rings. The molecule has 148 valence electrons. The number of hydrogen-bond acceptors (Lipinski definition) is 3. The highest BCUT2D eigenvalue weighted by atomic mass is 19.4. The topological polar surface area (TPSA) is 39.1 Å². The molecule has 0 aliphatic heterocycles. The largest absolute Gasteiger partial charge is 0.573 e. The van der Waals surface area contributed by atoms with Crippen molar-refractivity contribution in [1.29, 1.82) is 0 Å². The zero-order chi connectivity index (χ0) is 20.3. The van der Waals surface area contributed by atoms with Crippen molar-refractivity contribution in [3.05, 3.63) is 77.9 Å². The van der Waals surface area contributed by atoms with Gasteiger partial charge in [0.05, 0.1) is 5.69 Å². The van der Waals surface area contributed by atoms with Crippen molar-refractivity contribution in [3.8, 4) is 11.4 Å². The molecule has 2 aromatic carbocycles. The average molecular weight is 393 g/mol. The molecule has 1 N–H and O–H groups in total. The lowest BCUT2D eigenvalue weighted by molar-refractivity contribution is -0.274. The Bertz CT molecular complexity index is 908. The van der Waals surface area contributed by atoms with Crippen LogP contribution in [0.4, 0.5) is 17.6 Å². The van der Waals surface area contributed by atoms with Gasteiger partial charge in [0.15, 0.2) is 0 Å². The van der Waals surface area contributed by atoms with E-state index in [1.807, 2.05) is 13.8 Å². The summed E-state index contributed by atoms with van der Waals surface area (Å²) in [6.45, 7) is 3.77. The third-order valence-corrected chi connectivity index (χ3v) is 4.32. The molecule has 0 aliphatic carbocycles. The maximum absolute atomic E-state index is 13.8. The zero-order valence-corrected chi connectivity index (χ0v) is 15.2. The number of nitrogens with zero attached hydrogens (tertiary/aromatic N) is 2. The van der Waals surface area contributed by atoms with E-state index in [1.54, 1.807) is 41.3 Å². The van der Waals surface area contributed by atoms with Gasteiger partial charge in [-0.2, -0.15) is 5.10 Å². The van der Waals surface area contributed by atoms with Crippen LogP contribution in [0.1, 0.15) is 37.1 Å². The SMILES string of the molecule is CC(NC(C)c1cc(F)ccc1-n1cccn1)c1ccc(OC(F)(F)F)cc1. The van der Waals surface area contributed by atoms with Gasteiger partial charge in [0.2, 0.25) is 0 Å². The highest BCUT2D eigenvalue weighted by Crippen LogP contribution is 2.27. The average Bonchev–Trinajstić information content (AvgIpc) is 3.15. The standard InChI is InChI=1S/C20H19F4N3O/c1-13(15-4-7-17(8-5-15)28-20(22,23)24)26-14(2)18-12-16(21)6-9-19(18)27-11-3-10-25-27/h3-14,26H,1-2H3. The van der Waals surface area contributed by atoms with Crippen LogP contribution in [-0.4, -0.2) is 16.1 Å². The molecule has 2 unspecified atom stereocenters. The van der Waals surface area contributed by atoms with Crippen LogP contribution in [0.3, 0.4) is 0 Å². The molecule has 0 amide bonds. The van der Waals surface area contributed by atoms with Crippen LogP contribution in [0.5, 0.6) is 5.75 Å². The van der Waals surface area contributed by atoms with Crippen LogP contribution in [0.15, 0.2) is 60.9 Å². The van der Waals surface area contributed by atoms with Gasteiger partial charge in [0.1, 0.15) is 11.6 Å². The van der Waals surface area contributed by atoms with Crippen molar-refractivity contribution < 1.29 is 22.3 Å². The second-order valence-corrected chi connectivity index (χ2v) is 6.38. The predicted octanol–water partition coefficient (Wildman–Crippen LogP) is 5.32. The lowest BCUT2D eigenvalue weighted by atomic mass is 10.0. The Morgan fingerprint density at radius 1 is 1.04 bits per heavy atom. The van der Waals surface area contributed by atoms with Crippen molar-refractivity contribution >= 4 is 0 Å². The van der Waals surface area contributed by atoms with E-state index in [0.29, 0.717) is 5.56 Å². The van der Waals surface area contributed by atoms with Crippen molar-refractivity contribution in [1.82, 2.24) is 15.1 Å². The third-order valence-electron chi connectivity index (χ3n) is 4.32. The minimum absolute atomic E-state index is 0.191. The zero-order valence-electron chi connectivity index (χ0n) is 15.2. The first kappa shape index (κ1) is 19.9. The van der Waals surface area contributed by atoms with Crippen LogP contribution < -0.4 is 10.1 Å². The van der Waals surface area contributed by atoms with Crippen molar-refractivity contribution in [2.45, 2.75) is 32.3 Å². The quantitative estimate of drug-likeness (QED) is 0.576. The summed E-state index contributed by atoms with van der Waals surface area (Å²) >= 11 is 0. The molecule has 0 radical (unpaired) electrons. The summed E-state index contributed by atoms with van der Waals surface area (Å²) in [5, 5.41) is 7.53. The minimum Gasteiger partial charge on any atom is -0.406 e. The van der Waals surface area contributed by atoms with Gasteiger partial charge < -0.3 is 10.1 Å². The molecule has 28 heavy (non-hydrogen) atoms. The van der Waals surface area contributed by atoms with Crippen LogP contribution in [0.25, 0.3) is 5.69 Å². The van der Waals surface area contributed by atoms with Gasteiger partial charge in [-0.3, -0.25) is 0 Å². The number of nitrogens with one attached hydrogen (secondary N) is 1. The summed E-state index contributed by atoms with van der Waals surface area (Å²) in [6.07, 6.45) is -1.31. The summed E-state index contributed by atoms with van der Waals surface area (Å²) in [5.74, 6) is -0.636. The highest BCUT2D eigenvalue weighted by molar-refractivity contribution is 5.42. The highest BCUT2D eigenvalue weighted by Gasteiger charge is 2.31. The van der Waals surface area contributed by atoms with E-state index < -0.39 is 6.36 Å². The second-order valence-electron chi connectivity index (χ2n) is 6.38. The molecule has 0 fully saturated rings. The summed E-state index contributed by atoms with van der Waals surface area (Å²) in [6, 6.07) is 11.5. The lowest BCUT2D eigenvalue weighted by Gasteiger charge is -2.23. The van der Waals surface area contributed by atoms with Gasteiger partial charge in [-0.25, -0.2) is 9.07 Å². The van der Waals surface area contributed by atoms with E-state index in [2.05, 4.69) is 15.2 Å². The van der Waals surface area contributed by atoms with Gasteiger partial charge >= 0.3 is 6.36 Å². The minimum atomic E-state index is -4.72. The molecule has 3 rings (SSSR count). The predicted molar refractivity (Wildman–Crippen MR) is 96.6 cm³/mol. The number of halogens is 4. The maximum atomic E-state index is 13.8. The number of hydrogen-bond donors (Lipinski definition) is 1. The van der Waals surface area contributed by atoms with Gasteiger partial charge in [-0.15, -0.1) is 13.2 Å². The number of rotatable bonds is 6. The Labute approximate surface area is 159 Å². The fourth-order valence-electron chi connectivity index (χ4n) is 3.01. The number of aromatic nitrogens is 2. The third kappa shape index (κ3) is 4.89. The molecule has 1 aromatic heterocycles. The van der Waals surface area contributed by atoms with E-state index in [1.165, 1.54) is 24.3 Å². The first-order valence-electron chi connectivity index (χ1n) is 8.64. The van der Waals surface area contributed by atoms with E-state index in [9.17, 15) is 17.6 Å². The first-order valence-corrected chi connectivity index (χ1v) is 8.64. The van der Waals surface area contributed by atoms with Crippen LogP contribution in [-0.2, 0) is 0 Å². The Kier molecular flexibility index (Phi) is 5.69. The molecule has 4 nitrogen and oxygen atoms in total. The van der Waals surface area contributed by atoms with Gasteiger partial charge in [-0.05, 0) is 61.4 Å². The fraction of sp³-hybridized carbons (Fsp3) is 0.250. The van der Waals surface area contributed by atoms with Gasteiger partial charge in [0.25, 0.3) is 0 Å². The molecule has 2 atom stereocenters. The molecule has 0 aliphatic rings. The normalized spacial score (nSPS) is 13.9. The maximum Gasteiger partial charge on any atom is 0.573 e. The lowest BCUT2D eigenvalue weighted by Crippen LogP contribution is -2.24. The molecule has 0 saturated carbocycles. The molecular weight excluding hydrogens is 374 g/mol. The van der Waals surface area contributed by atoms with Crippen LogP contribution in [0.2, 0.25) is 0 Å². The van der Waals surface area contributed by atoms with Gasteiger partial charge in [-0.1, -0.05) is 12.1 Å². The summed E-state index contributed by atoms with van der Waals surface area (Å²) in [7, 11) is 0. The Hall–Kier alpha value is -2.87. The number of ether oxygens (including phenoxy) is 1. The van der Waals surface area contributed by atoms with Crippen molar-refractivity contribution in [2.24, 2.45) is 0 Å². The van der Waals surface area contributed by atoms with Crippen molar-refractivity contribution in [3.63, 3.8) is 0 Å². The molecular formula is C20H19F4N3O. The molecule has 0 spiro atoms. The number of alkyl halides is 3. The fourth-order valence-corrected chi connectivity index (χ4v) is 3.01. The molecule has 8 heteroatoms. The van der Waals surface area contributed by atoms with E-state index in [4.69, 9.17) is 0 Å². The Morgan fingerprint density at radius 2 is 1.75 bits per heavy atom. The van der Waals surface area contributed by atoms with E-state index in [-0.39, 0.29) is 23.7 Å². The van der Waals surface area contributed by atoms with Crippen molar-refractivity contribution in [2.75, 3.05) is 0 Å². The van der Waals surface area contributed by atoms with E-state index >= 15 is 0 Å². The summed E-state index contributed by atoms with van der Waals surface area (Å²) < 4.78 is 56.2. The molecule has 1 heterocycles. The monoisotopic (exact) mass is 393 g/mol.